The third-order valence-electron chi connectivity index (χ3n) is 8.96. The molecule has 4 fully saturated rings. The second-order valence-electron chi connectivity index (χ2n) is 12.6. The van der Waals surface area contributed by atoms with Gasteiger partial charge >= 0.3 is 6.03 Å². The van der Waals surface area contributed by atoms with Crippen molar-refractivity contribution >= 4 is 34.3 Å². The van der Waals surface area contributed by atoms with Crippen molar-refractivity contribution in [3.63, 3.8) is 0 Å². The number of anilines is 1. The number of amides is 4. The SMILES string of the molecule is CC1CCC([C@H](NC(=O)C2(F)CC2)C(=O)Nc2ncc([C@@H](CN3C[C@@H](C)OC[C@H]3C)N3CC(F)(F)CNC3=O)s2)CC1. The maximum Gasteiger partial charge on any atom is 0.318 e. The number of urea groups is 1. The molecule has 14 heteroatoms. The summed E-state index contributed by atoms with van der Waals surface area (Å²) in [6.07, 6.45) is 5.03. The maximum absolute atomic E-state index is 14.5. The van der Waals surface area contributed by atoms with E-state index in [0.29, 0.717) is 23.9 Å². The lowest BCUT2D eigenvalue weighted by Crippen LogP contribution is -2.59. The molecule has 4 aliphatic rings. The monoisotopic (exact) mass is 614 g/mol. The van der Waals surface area contributed by atoms with Crippen LogP contribution in [0.15, 0.2) is 6.20 Å². The van der Waals surface area contributed by atoms with E-state index in [9.17, 15) is 27.6 Å². The third kappa shape index (κ3) is 7.19. The number of carbonyl (C=O) groups excluding carboxylic acids is 3. The van der Waals surface area contributed by atoms with E-state index >= 15 is 0 Å². The van der Waals surface area contributed by atoms with Gasteiger partial charge in [-0.3, -0.25) is 14.5 Å². The first-order valence-electron chi connectivity index (χ1n) is 14.9. The number of thiazole rings is 1. The summed E-state index contributed by atoms with van der Waals surface area (Å²) in [6, 6.07) is -2.24. The zero-order chi connectivity index (χ0) is 30.2. The van der Waals surface area contributed by atoms with Crippen molar-refractivity contribution in [2.45, 2.75) is 95.1 Å². The first kappa shape index (κ1) is 31.0. The number of morpholine rings is 1. The minimum Gasteiger partial charge on any atom is -0.376 e. The lowest BCUT2D eigenvalue weighted by Gasteiger charge is -2.43. The Morgan fingerprint density at radius 3 is 2.60 bits per heavy atom. The van der Waals surface area contributed by atoms with E-state index < -0.39 is 54.6 Å². The van der Waals surface area contributed by atoms with Gasteiger partial charge in [-0.1, -0.05) is 31.1 Å². The Kier molecular flexibility index (Phi) is 9.06. The fraction of sp³-hybridized carbons (Fsp3) is 0.786. The maximum atomic E-state index is 14.5. The fourth-order valence-electron chi connectivity index (χ4n) is 6.03. The van der Waals surface area contributed by atoms with E-state index in [2.05, 4.69) is 32.8 Å². The second kappa shape index (κ2) is 12.3. The average molecular weight is 615 g/mol. The standard InChI is InChI=1S/C28H41F3N6O4S/c1-16-4-6-19(7-5-16)22(34-24(39)27(29)8-9-27)23(38)35-25-32-10-21(42-25)20(12-36-11-18(3)41-13-17(36)2)37-15-28(30,31)14-33-26(37)40/h10,16-20,22H,4-9,11-15H2,1-3H3,(H,33,40)(H,34,39)(H,32,35,38)/t16?,17-,18-,19?,20-,22+/m1/s1. The summed E-state index contributed by atoms with van der Waals surface area (Å²) < 4.78 is 49.2. The number of alkyl halides is 3. The van der Waals surface area contributed by atoms with Crippen LogP contribution in [0.25, 0.3) is 0 Å². The van der Waals surface area contributed by atoms with Crippen molar-refractivity contribution in [2.75, 3.05) is 38.1 Å². The van der Waals surface area contributed by atoms with Gasteiger partial charge in [-0.25, -0.2) is 22.9 Å². The highest BCUT2D eigenvalue weighted by molar-refractivity contribution is 7.15. The summed E-state index contributed by atoms with van der Waals surface area (Å²) in [4.78, 5) is 47.1. The highest BCUT2D eigenvalue weighted by Crippen LogP contribution is 2.41. The molecule has 3 N–H and O–H groups in total. The van der Waals surface area contributed by atoms with E-state index in [1.165, 1.54) is 6.20 Å². The number of ether oxygens (including phenoxy) is 1. The summed E-state index contributed by atoms with van der Waals surface area (Å²) in [5.74, 6) is -3.96. The van der Waals surface area contributed by atoms with Crippen molar-refractivity contribution in [3.05, 3.63) is 11.1 Å². The Bertz CT molecular complexity index is 1160. The van der Waals surface area contributed by atoms with Crippen LogP contribution in [-0.4, -0.2) is 95.2 Å². The molecule has 3 heterocycles. The first-order chi connectivity index (χ1) is 19.8. The number of nitrogens with zero attached hydrogens (tertiary/aromatic N) is 3. The highest BCUT2D eigenvalue weighted by atomic mass is 32.1. The van der Waals surface area contributed by atoms with Crippen LogP contribution in [0.1, 0.15) is 70.2 Å². The molecular weight excluding hydrogens is 573 g/mol. The molecule has 1 aromatic rings. The third-order valence-corrected chi connectivity index (χ3v) is 9.97. The van der Waals surface area contributed by atoms with Crippen molar-refractivity contribution in [3.8, 4) is 0 Å². The molecule has 5 rings (SSSR count). The number of carbonyl (C=O) groups is 3. The quantitative estimate of drug-likeness (QED) is 0.391. The zero-order valence-corrected chi connectivity index (χ0v) is 25.2. The van der Waals surface area contributed by atoms with Crippen molar-refractivity contribution < 1.29 is 32.3 Å². The Hall–Kier alpha value is -2.45. The molecule has 0 bridgehead atoms. The molecule has 4 atom stereocenters. The summed E-state index contributed by atoms with van der Waals surface area (Å²) in [6.45, 7) is 5.94. The number of halogens is 3. The lowest BCUT2D eigenvalue weighted by atomic mass is 9.79. The van der Waals surface area contributed by atoms with Gasteiger partial charge in [0, 0.05) is 25.3 Å². The molecule has 4 amide bonds. The van der Waals surface area contributed by atoms with E-state index in [1.54, 1.807) is 0 Å². The Labute approximate surface area is 248 Å². The van der Waals surface area contributed by atoms with Gasteiger partial charge < -0.3 is 25.6 Å². The average Bonchev–Trinajstić information content (AvgIpc) is 3.54. The summed E-state index contributed by atoms with van der Waals surface area (Å²) in [5.41, 5.74) is -1.91. The Morgan fingerprint density at radius 1 is 1.19 bits per heavy atom. The predicted octanol–water partition coefficient (Wildman–Crippen LogP) is 3.71. The van der Waals surface area contributed by atoms with Gasteiger partial charge in [0.1, 0.15) is 6.04 Å². The number of aromatic nitrogens is 1. The van der Waals surface area contributed by atoms with E-state index in [-0.39, 0.29) is 42.6 Å². The lowest BCUT2D eigenvalue weighted by molar-refractivity contribution is -0.132. The van der Waals surface area contributed by atoms with Crippen LogP contribution in [0.3, 0.4) is 0 Å². The van der Waals surface area contributed by atoms with Gasteiger partial charge in [-0.05, 0) is 51.4 Å². The predicted molar refractivity (Wildman–Crippen MR) is 151 cm³/mol. The van der Waals surface area contributed by atoms with Crippen LogP contribution < -0.4 is 16.0 Å². The largest absolute Gasteiger partial charge is 0.376 e. The fourth-order valence-corrected chi connectivity index (χ4v) is 6.95. The molecule has 1 aromatic heterocycles. The molecule has 0 radical (unpaired) electrons. The van der Waals surface area contributed by atoms with Gasteiger partial charge in [0.2, 0.25) is 5.91 Å². The van der Waals surface area contributed by atoms with E-state index in [4.69, 9.17) is 4.74 Å². The van der Waals surface area contributed by atoms with Crippen LogP contribution in [0, 0.1) is 11.8 Å². The van der Waals surface area contributed by atoms with Gasteiger partial charge in [-0.2, -0.15) is 0 Å². The minimum absolute atomic E-state index is 0.0111. The minimum atomic E-state index is -3.10. The molecule has 0 unspecified atom stereocenters. The van der Waals surface area contributed by atoms with Crippen LogP contribution in [0.4, 0.5) is 23.1 Å². The number of rotatable bonds is 9. The van der Waals surface area contributed by atoms with E-state index in [1.807, 2.05) is 13.8 Å². The molecule has 234 valence electrons. The Balaban J connectivity index is 1.35. The molecule has 10 nitrogen and oxygen atoms in total. The first-order valence-corrected chi connectivity index (χ1v) is 15.7. The summed E-state index contributed by atoms with van der Waals surface area (Å²) in [7, 11) is 0. The molecule has 2 saturated heterocycles. The highest BCUT2D eigenvalue weighted by Gasteiger charge is 2.52. The number of hydrogen-bond donors (Lipinski definition) is 3. The molecule has 0 spiro atoms. The molecule has 2 aliphatic carbocycles. The van der Waals surface area contributed by atoms with Crippen LogP contribution in [0.2, 0.25) is 0 Å². The normalized spacial score (nSPS) is 30.6. The van der Waals surface area contributed by atoms with Gasteiger partial charge in [0.25, 0.3) is 11.8 Å². The van der Waals surface area contributed by atoms with Crippen LogP contribution in [-0.2, 0) is 14.3 Å². The van der Waals surface area contributed by atoms with Gasteiger partial charge in [0.05, 0.1) is 36.7 Å². The topological polar surface area (TPSA) is 116 Å². The second-order valence-corrected chi connectivity index (χ2v) is 13.7. The smallest absolute Gasteiger partial charge is 0.318 e. The molecular formula is C28H41F3N6O4S. The van der Waals surface area contributed by atoms with E-state index in [0.717, 1.165) is 41.9 Å². The van der Waals surface area contributed by atoms with Crippen molar-refractivity contribution in [2.24, 2.45) is 11.8 Å². The van der Waals surface area contributed by atoms with Gasteiger partial charge in [0.15, 0.2) is 10.8 Å². The van der Waals surface area contributed by atoms with Crippen molar-refractivity contribution in [1.29, 1.82) is 0 Å². The van der Waals surface area contributed by atoms with Crippen LogP contribution in [0.5, 0.6) is 0 Å². The van der Waals surface area contributed by atoms with Gasteiger partial charge in [-0.15, -0.1) is 0 Å². The summed E-state index contributed by atoms with van der Waals surface area (Å²) >= 11 is 1.10. The Morgan fingerprint density at radius 2 is 1.90 bits per heavy atom. The summed E-state index contributed by atoms with van der Waals surface area (Å²) in [5, 5.41) is 7.97. The number of nitrogens with one attached hydrogen (secondary N) is 3. The molecule has 2 aliphatic heterocycles. The van der Waals surface area contributed by atoms with Crippen molar-refractivity contribution in [1.82, 2.24) is 25.4 Å². The molecule has 42 heavy (non-hydrogen) atoms. The number of hydrogen-bond acceptors (Lipinski definition) is 7. The van der Waals surface area contributed by atoms with Crippen LogP contribution >= 0.6 is 11.3 Å². The molecule has 0 aromatic carbocycles. The zero-order valence-electron chi connectivity index (χ0n) is 24.3. The molecule has 2 saturated carbocycles.